The van der Waals surface area contributed by atoms with Gasteiger partial charge in [-0.15, -0.1) is 0 Å². The fraction of sp³-hybridized carbons (Fsp3) is 0.130. The van der Waals surface area contributed by atoms with Crippen molar-refractivity contribution in [3.8, 4) is 5.75 Å². The van der Waals surface area contributed by atoms with E-state index in [9.17, 15) is 14.0 Å². The minimum atomic E-state index is -0.766. The van der Waals surface area contributed by atoms with Crippen LogP contribution < -0.4 is 10.2 Å². The molecule has 1 amide bonds. The summed E-state index contributed by atoms with van der Waals surface area (Å²) in [6, 6.07) is 13.5. The summed E-state index contributed by atoms with van der Waals surface area (Å²) in [6.07, 6.45) is 1.52. The molecule has 1 atom stereocenters. The van der Waals surface area contributed by atoms with Gasteiger partial charge in [0.1, 0.15) is 22.9 Å². The zero-order valence-electron chi connectivity index (χ0n) is 15.9. The molecule has 0 saturated carbocycles. The van der Waals surface area contributed by atoms with Crippen molar-refractivity contribution in [2.75, 3.05) is 7.11 Å². The molecule has 0 aliphatic carbocycles. The maximum atomic E-state index is 13.8. The Morgan fingerprint density at radius 1 is 1.10 bits per heavy atom. The summed E-state index contributed by atoms with van der Waals surface area (Å²) in [7, 11) is 1.52. The molecule has 0 saturated heterocycles. The van der Waals surface area contributed by atoms with E-state index in [4.69, 9.17) is 13.6 Å². The standard InChI is InChI=1S/C23H16FNO5/c1-28-17-7-3-2-6-15(17)20-19-21(26)16-11-13(24)8-9-18(16)30-22(19)23(27)25(20)12-14-5-4-10-29-14/h2-11,20H,12H2,1H3. The molecule has 6 nitrogen and oxygen atoms in total. The van der Waals surface area contributed by atoms with Crippen molar-refractivity contribution in [1.29, 1.82) is 0 Å². The van der Waals surface area contributed by atoms with Gasteiger partial charge in [0.2, 0.25) is 5.76 Å². The van der Waals surface area contributed by atoms with Gasteiger partial charge in [-0.3, -0.25) is 9.59 Å². The Kier molecular flexibility index (Phi) is 4.17. The molecule has 7 heteroatoms. The van der Waals surface area contributed by atoms with Gasteiger partial charge in [0.25, 0.3) is 5.91 Å². The van der Waals surface area contributed by atoms with Gasteiger partial charge >= 0.3 is 0 Å². The lowest BCUT2D eigenvalue weighted by molar-refractivity contribution is 0.0700. The molecule has 0 spiro atoms. The molecule has 2 aromatic carbocycles. The van der Waals surface area contributed by atoms with Gasteiger partial charge in [0.05, 0.1) is 36.9 Å². The predicted molar refractivity (Wildman–Crippen MR) is 106 cm³/mol. The van der Waals surface area contributed by atoms with Crippen LogP contribution >= 0.6 is 0 Å². The van der Waals surface area contributed by atoms with Crippen molar-refractivity contribution in [2.45, 2.75) is 12.6 Å². The number of carbonyl (C=O) groups is 1. The van der Waals surface area contributed by atoms with E-state index in [0.29, 0.717) is 17.1 Å². The van der Waals surface area contributed by atoms with E-state index in [1.807, 2.05) is 0 Å². The number of benzene rings is 2. The number of ether oxygens (including phenoxy) is 1. The van der Waals surface area contributed by atoms with Crippen LogP contribution in [-0.2, 0) is 6.54 Å². The summed E-state index contributed by atoms with van der Waals surface area (Å²) in [5.41, 5.74) is 0.500. The van der Waals surface area contributed by atoms with Crippen LogP contribution in [0, 0.1) is 5.82 Å². The van der Waals surface area contributed by atoms with Gasteiger partial charge < -0.3 is 18.5 Å². The highest BCUT2D eigenvalue weighted by Gasteiger charge is 2.44. The van der Waals surface area contributed by atoms with Gasteiger partial charge in [-0.1, -0.05) is 18.2 Å². The molecular formula is C23H16FNO5. The molecule has 0 bridgehead atoms. The summed E-state index contributed by atoms with van der Waals surface area (Å²) in [5, 5.41) is 0.0845. The SMILES string of the molecule is COc1ccccc1C1c2c(oc3ccc(F)cc3c2=O)C(=O)N1Cc1ccco1. The Balaban J connectivity index is 1.78. The lowest BCUT2D eigenvalue weighted by Crippen LogP contribution is -2.29. The van der Waals surface area contributed by atoms with Crippen molar-refractivity contribution in [1.82, 2.24) is 4.90 Å². The first-order valence-electron chi connectivity index (χ1n) is 9.31. The normalized spacial score (nSPS) is 15.6. The van der Waals surface area contributed by atoms with Gasteiger partial charge in [-0.05, 0) is 36.4 Å². The number of carbonyl (C=O) groups excluding carboxylic acids is 1. The maximum Gasteiger partial charge on any atom is 0.291 e. The smallest absolute Gasteiger partial charge is 0.291 e. The molecule has 150 valence electrons. The fourth-order valence-electron chi connectivity index (χ4n) is 3.94. The molecule has 0 N–H and O–H groups in total. The number of methoxy groups -OCH3 is 1. The van der Waals surface area contributed by atoms with Gasteiger partial charge in [0.15, 0.2) is 5.43 Å². The van der Waals surface area contributed by atoms with E-state index in [-0.39, 0.29) is 28.8 Å². The van der Waals surface area contributed by atoms with Crippen LogP contribution in [0.4, 0.5) is 4.39 Å². The maximum absolute atomic E-state index is 13.8. The highest BCUT2D eigenvalue weighted by molar-refractivity contribution is 5.99. The number of amides is 1. The molecule has 3 heterocycles. The average Bonchev–Trinajstić information content (AvgIpc) is 3.36. The Labute approximate surface area is 170 Å². The van der Waals surface area contributed by atoms with Crippen molar-refractivity contribution >= 4 is 16.9 Å². The zero-order chi connectivity index (χ0) is 20.8. The first kappa shape index (κ1) is 18.2. The van der Waals surface area contributed by atoms with E-state index >= 15 is 0 Å². The summed E-state index contributed by atoms with van der Waals surface area (Å²) in [4.78, 5) is 28.2. The number of halogens is 1. The second-order valence-corrected chi connectivity index (χ2v) is 6.97. The number of fused-ring (bicyclic) bond motifs is 2. The van der Waals surface area contributed by atoms with E-state index in [0.717, 1.165) is 6.07 Å². The van der Waals surface area contributed by atoms with Crippen LogP contribution in [-0.4, -0.2) is 17.9 Å². The van der Waals surface area contributed by atoms with Gasteiger partial charge in [0, 0.05) is 5.56 Å². The number of para-hydroxylation sites is 1. The van der Waals surface area contributed by atoms with E-state index in [2.05, 4.69) is 0 Å². The zero-order valence-corrected chi connectivity index (χ0v) is 15.9. The third-order valence-electron chi connectivity index (χ3n) is 5.27. The highest BCUT2D eigenvalue weighted by atomic mass is 19.1. The summed E-state index contributed by atoms with van der Waals surface area (Å²) in [6.45, 7) is 0.128. The van der Waals surface area contributed by atoms with Gasteiger partial charge in [-0.2, -0.15) is 0 Å². The van der Waals surface area contributed by atoms with Crippen LogP contribution in [0.5, 0.6) is 5.75 Å². The Morgan fingerprint density at radius 3 is 2.70 bits per heavy atom. The van der Waals surface area contributed by atoms with Crippen LogP contribution in [0.2, 0.25) is 0 Å². The van der Waals surface area contributed by atoms with E-state index < -0.39 is 23.2 Å². The summed E-state index contributed by atoms with van der Waals surface area (Å²) in [5.74, 6) is 0.0213. The predicted octanol–water partition coefficient (Wildman–Crippen LogP) is 4.28. The molecule has 30 heavy (non-hydrogen) atoms. The lowest BCUT2D eigenvalue weighted by atomic mass is 9.97. The van der Waals surface area contributed by atoms with Crippen molar-refractivity contribution < 1.29 is 22.8 Å². The average molecular weight is 405 g/mol. The molecule has 4 aromatic rings. The number of nitrogens with zero attached hydrogens (tertiary/aromatic N) is 1. The van der Waals surface area contributed by atoms with Gasteiger partial charge in [-0.25, -0.2) is 4.39 Å². The lowest BCUT2D eigenvalue weighted by Gasteiger charge is -2.25. The number of rotatable bonds is 4. The molecule has 2 aromatic heterocycles. The number of furan rings is 1. The third-order valence-corrected chi connectivity index (χ3v) is 5.27. The van der Waals surface area contributed by atoms with E-state index in [1.165, 1.54) is 30.4 Å². The van der Waals surface area contributed by atoms with Crippen LogP contribution in [0.1, 0.15) is 33.5 Å². The molecule has 0 radical (unpaired) electrons. The summed E-state index contributed by atoms with van der Waals surface area (Å²) < 4.78 is 30.5. The fourth-order valence-corrected chi connectivity index (χ4v) is 3.94. The summed E-state index contributed by atoms with van der Waals surface area (Å²) >= 11 is 0. The van der Waals surface area contributed by atoms with Crippen molar-refractivity contribution in [2.24, 2.45) is 0 Å². The Hall–Kier alpha value is -3.87. The van der Waals surface area contributed by atoms with Crippen molar-refractivity contribution in [3.63, 3.8) is 0 Å². The molecule has 1 unspecified atom stereocenters. The molecule has 1 aliphatic rings. The minimum Gasteiger partial charge on any atom is -0.496 e. The minimum absolute atomic E-state index is 0.0541. The largest absolute Gasteiger partial charge is 0.496 e. The van der Waals surface area contributed by atoms with E-state index in [1.54, 1.807) is 36.4 Å². The molecule has 0 fully saturated rings. The molecular weight excluding hydrogens is 389 g/mol. The first-order valence-corrected chi connectivity index (χ1v) is 9.31. The monoisotopic (exact) mass is 405 g/mol. The molecule has 5 rings (SSSR count). The second-order valence-electron chi connectivity index (χ2n) is 6.97. The Morgan fingerprint density at radius 2 is 1.93 bits per heavy atom. The third kappa shape index (κ3) is 2.70. The molecule has 1 aliphatic heterocycles. The van der Waals surface area contributed by atoms with Crippen LogP contribution in [0.3, 0.4) is 0 Å². The highest BCUT2D eigenvalue weighted by Crippen LogP contribution is 2.42. The number of hydrogen-bond donors (Lipinski definition) is 0. The second kappa shape index (κ2) is 6.88. The Bertz CT molecular complexity index is 1330. The van der Waals surface area contributed by atoms with Crippen LogP contribution in [0.15, 0.2) is 74.5 Å². The number of hydrogen-bond acceptors (Lipinski definition) is 5. The van der Waals surface area contributed by atoms with Crippen molar-refractivity contribution in [3.05, 3.63) is 99.5 Å². The quantitative estimate of drug-likeness (QED) is 0.507. The topological polar surface area (TPSA) is 72.9 Å². The van der Waals surface area contributed by atoms with Crippen LogP contribution in [0.25, 0.3) is 11.0 Å². The first-order chi connectivity index (χ1) is 14.6.